The Morgan fingerprint density at radius 2 is 2.07 bits per heavy atom. The summed E-state index contributed by atoms with van der Waals surface area (Å²) in [4.78, 5) is 2.87. The van der Waals surface area contributed by atoms with Crippen molar-refractivity contribution in [1.82, 2.24) is 4.98 Å². The van der Waals surface area contributed by atoms with Gasteiger partial charge in [0.15, 0.2) is 0 Å². The van der Waals surface area contributed by atoms with Crippen LogP contribution in [0.3, 0.4) is 0 Å². The van der Waals surface area contributed by atoms with Crippen molar-refractivity contribution in [3.8, 4) is 0 Å². The number of rotatable bonds is 2. The zero-order valence-corrected chi connectivity index (χ0v) is 8.37. The summed E-state index contributed by atoms with van der Waals surface area (Å²) in [5.74, 6) is -0.250. The van der Waals surface area contributed by atoms with Crippen molar-refractivity contribution < 1.29 is 9.50 Å². The largest absolute Gasteiger partial charge is 0.384 e. The lowest BCUT2D eigenvalue weighted by Gasteiger charge is -2.10. The Morgan fingerprint density at radius 3 is 2.67 bits per heavy atom. The number of aliphatic hydroxyl groups is 1. The zero-order valence-electron chi connectivity index (χ0n) is 8.37. The number of aliphatic hydroxyl groups excluding tert-OH is 1. The molecule has 1 aromatic carbocycles. The first-order valence-electron chi connectivity index (χ1n) is 4.75. The summed E-state index contributed by atoms with van der Waals surface area (Å²) in [5.41, 5.74) is 2.02. The zero-order chi connectivity index (χ0) is 10.8. The number of nitrogens with one attached hydrogen (secondary N) is 1. The van der Waals surface area contributed by atoms with Gasteiger partial charge in [-0.25, -0.2) is 4.39 Å². The highest BCUT2D eigenvalue weighted by molar-refractivity contribution is 5.31. The smallest absolute Gasteiger partial charge is 0.126 e. The Balaban J connectivity index is 2.34. The second-order valence-electron chi connectivity index (χ2n) is 3.56. The van der Waals surface area contributed by atoms with Crippen molar-refractivity contribution in [1.29, 1.82) is 0 Å². The van der Waals surface area contributed by atoms with Gasteiger partial charge in [0.05, 0.1) is 0 Å². The molecule has 1 aromatic heterocycles. The summed E-state index contributed by atoms with van der Waals surface area (Å²) >= 11 is 0. The molecule has 2 aromatic rings. The second kappa shape index (κ2) is 3.87. The van der Waals surface area contributed by atoms with Crippen LogP contribution in [0.15, 0.2) is 36.7 Å². The minimum Gasteiger partial charge on any atom is -0.384 e. The molecule has 2 nitrogen and oxygen atoms in total. The maximum atomic E-state index is 13.0. The molecule has 0 aliphatic rings. The molecule has 0 bridgehead atoms. The van der Waals surface area contributed by atoms with Gasteiger partial charge in [-0.2, -0.15) is 0 Å². The third-order valence-corrected chi connectivity index (χ3v) is 2.44. The highest BCUT2D eigenvalue weighted by Crippen LogP contribution is 2.22. The molecule has 78 valence electrons. The summed E-state index contributed by atoms with van der Waals surface area (Å²) in [6.07, 6.45) is 2.77. The first-order chi connectivity index (χ1) is 7.18. The highest BCUT2D eigenvalue weighted by atomic mass is 19.1. The molecule has 3 heteroatoms. The van der Waals surface area contributed by atoms with Gasteiger partial charge in [-0.3, -0.25) is 0 Å². The third kappa shape index (κ3) is 1.92. The Labute approximate surface area is 87.4 Å². The third-order valence-electron chi connectivity index (χ3n) is 2.44. The Kier molecular flexibility index (Phi) is 2.56. The van der Waals surface area contributed by atoms with Crippen molar-refractivity contribution in [2.45, 2.75) is 13.0 Å². The molecular weight excluding hydrogens is 193 g/mol. The topological polar surface area (TPSA) is 36.0 Å². The molecule has 0 radical (unpaired) electrons. The van der Waals surface area contributed by atoms with Crippen LogP contribution in [0.4, 0.5) is 4.39 Å². The molecule has 0 spiro atoms. The predicted octanol–water partition coefficient (Wildman–Crippen LogP) is 2.54. The summed E-state index contributed by atoms with van der Waals surface area (Å²) in [6, 6.07) is 6.43. The van der Waals surface area contributed by atoms with Gasteiger partial charge in [0, 0.05) is 18.0 Å². The summed E-state index contributed by atoms with van der Waals surface area (Å²) in [6.45, 7) is 1.68. The van der Waals surface area contributed by atoms with E-state index in [1.165, 1.54) is 6.07 Å². The number of hydrogen-bond donors (Lipinski definition) is 2. The van der Waals surface area contributed by atoms with Crippen molar-refractivity contribution in [3.05, 3.63) is 59.2 Å². The molecule has 0 saturated carbocycles. The first kappa shape index (κ1) is 9.93. The molecule has 2 N–H and O–H groups in total. The Morgan fingerprint density at radius 1 is 1.27 bits per heavy atom. The molecule has 1 heterocycles. The van der Waals surface area contributed by atoms with E-state index in [1.54, 1.807) is 37.5 Å². The van der Waals surface area contributed by atoms with Gasteiger partial charge in [-0.05, 0) is 30.2 Å². The lowest BCUT2D eigenvalue weighted by Crippen LogP contribution is -1.99. The molecule has 0 aliphatic carbocycles. The normalized spacial score (nSPS) is 12.7. The van der Waals surface area contributed by atoms with Crippen LogP contribution in [0.2, 0.25) is 0 Å². The molecule has 0 amide bonds. The number of aryl methyl sites for hydroxylation is 1. The standard InChI is InChI=1S/C12H12FNO/c1-8-6-9(2-3-11(8)13)12(15)10-4-5-14-7-10/h2-7,12,14-15H,1H3. The molecular formula is C12H12FNO. The molecule has 0 aliphatic heterocycles. The first-order valence-corrected chi connectivity index (χ1v) is 4.75. The van der Waals surface area contributed by atoms with E-state index in [4.69, 9.17) is 0 Å². The maximum Gasteiger partial charge on any atom is 0.126 e. The lowest BCUT2D eigenvalue weighted by molar-refractivity contribution is 0.220. The molecule has 0 fully saturated rings. The van der Waals surface area contributed by atoms with Crippen molar-refractivity contribution in [2.24, 2.45) is 0 Å². The van der Waals surface area contributed by atoms with Crippen molar-refractivity contribution >= 4 is 0 Å². The monoisotopic (exact) mass is 205 g/mol. The molecule has 2 rings (SSSR count). The van der Waals surface area contributed by atoms with Gasteiger partial charge in [0.25, 0.3) is 0 Å². The Bertz CT molecular complexity index is 451. The van der Waals surface area contributed by atoms with Crippen LogP contribution in [-0.2, 0) is 0 Å². The van der Waals surface area contributed by atoms with E-state index in [2.05, 4.69) is 4.98 Å². The molecule has 15 heavy (non-hydrogen) atoms. The van der Waals surface area contributed by atoms with Gasteiger partial charge in [-0.15, -0.1) is 0 Å². The molecule has 0 saturated heterocycles. The maximum absolute atomic E-state index is 13.0. The second-order valence-corrected chi connectivity index (χ2v) is 3.56. The van der Waals surface area contributed by atoms with E-state index in [9.17, 15) is 9.50 Å². The van der Waals surface area contributed by atoms with Crippen molar-refractivity contribution in [3.63, 3.8) is 0 Å². The van der Waals surface area contributed by atoms with Crippen LogP contribution < -0.4 is 0 Å². The van der Waals surface area contributed by atoms with Crippen LogP contribution in [0.5, 0.6) is 0 Å². The number of halogens is 1. The van der Waals surface area contributed by atoms with Gasteiger partial charge >= 0.3 is 0 Å². The minimum atomic E-state index is -0.699. The number of aromatic amines is 1. The van der Waals surface area contributed by atoms with Gasteiger partial charge in [-0.1, -0.05) is 12.1 Å². The number of H-pyrrole nitrogens is 1. The van der Waals surface area contributed by atoms with Gasteiger partial charge in [0.1, 0.15) is 11.9 Å². The van der Waals surface area contributed by atoms with Crippen molar-refractivity contribution in [2.75, 3.05) is 0 Å². The van der Waals surface area contributed by atoms with Crippen LogP contribution in [0.25, 0.3) is 0 Å². The van der Waals surface area contributed by atoms with Gasteiger partial charge < -0.3 is 10.1 Å². The average molecular weight is 205 g/mol. The lowest BCUT2D eigenvalue weighted by atomic mass is 10.0. The predicted molar refractivity (Wildman–Crippen MR) is 56.0 cm³/mol. The van der Waals surface area contributed by atoms with E-state index < -0.39 is 6.10 Å². The van der Waals surface area contributed by atoms with E-state index in [1.807, 2.05) is 0 Å². The van der Waals surface area contributed by atoms with Crippen LogP contribution in [0, 0.1) is 12.7 Å². The molecule has 1 unspecified atom stereocenters. The number of benzene rings is 1. The quantitative estimate of drug-likeness (QED) is 0.776. The van der Waals surface area contributed by atoms with E-state index in [0.717, 1.165) is 5.56 Å². The number of hydrogen-bond acceptors (Lipinski definition) is 1. The fourth-order valence-corrected chi connectivity index (χ4v) is 1.54. The van der Waals surface area contributed by atoms with Crippen LogP contribution in [-0.4, -0.2) is 10.1 Å². The average Bonchev–Trinajstić information content (AvgIpc) is 2.74. The van der Waals surface area contributed by atoms with E-state index in [-0.39, 0.29) is 5.82 Å². The fraction of sp³-hybridized carbons (Fsp3) is 0.167. The Hall–Kier alpha value is -1.61. The fourth-order valence-electron chi connectivity index (χ4n) is 1.54. The minimum absolute atomic E-state index is 0.250. The SMILES string of the molecule is Cc1cc(C(O)c2cc[nH]c2)ccc1F. The summed E-state index contributed by atoms with van der Waals surface area (Å²) in [5, 5.41) is 9.95. The summed E-state index contributed by atoms with van der Waals surface area (Å²) < 4.78 is 13.0. The van der Waals surface area contributed by atoms with Crippen LogP contribution >= 0.6 is 0 Å². The molecule has 1 atom stereocenters. The van der Waals surface area contributed by atoms with E-state index in [0.29, 0.717) is 11.1 Å². The highest BCUT2D eigenvalue weighted by Gasteiger charge is 2.11. The van der Waals surface area contributed by atoms with Gasteiger partial charge in [0.2, 0.25) is 0 Å². The van der Waals surface area contributed by atoms with Crippen LogP contribution in [0.1, 0.15) is 22.8 Å². The summed E-state index contributed by atoms with van der Waals surface area (Å²) in [7, 11) is 0. The van der Waals surface area contributed by atoms with E-state index >= 15 is 0 Å². The number of aromatic nitrogens is 1.